The third-order valence-corrected chi connectivity index (χ3v) is 3.48. The van der Waals surface area contributed by atoms with Crippen molar-refractivity contribution in [3.63, 3.8) is 0 Å². The molecule has 0 amide bonds. The first kappa shape index (κ1) is 14.0. The van der Waals surface area contributed by atoms with E-state index in [9.17, 15) is 9.90 Å². The van der Waals surface area contributed by atoms with E-state index in [-0.39, 0.29) is 6.04 Å². The molecule has 0 aliphatic carbocycles. The van der Waals surface area contributed by atoms with E-state index in [1.165, 1.54) is 0 Å². The van der Waals surface area contributed by atoms with Crippen molar-refractivity contribution in [2.75, 3.05) is 19.8 Å². The first-order valence-electron chi connectivity index (χ1n) is 6.66. The SMILES string of the molecule is CCCN(Cc1ccncc1)C1COCC1C(=O)O. The summed E-state index contributed by atoms with van der Waals surface area (Å²) in [7, 11) is 0. The van der Waals surface area contributed by atoms with E-state index in [1.54, 1.807) is 12.4 Å². The van der Waals surface area contributed by atoms with E-state index in [0.29, 0.717) is 13.2 Å². The van der Waals surface area contributed by atoms with Crippen molar-refractivity contribution in [1.29, 1.82) is 0 Å². The van der Waals surface area contributed by atoms with E-state index >= 15 is 0 Å². The van der Waals surface area contributed by atoms with Gasteiger partial charge in [-0.1, -0.05) is 6.92 Å². The fraction of sp³-hybridized carbons (Fsp3) is 0.571. The van der Waals surface area contributed by atoms with Crippen molar-refractivity contribution < 1.29 is 14.6 Å². The molecule has 1 aliphatic rings. The third-order valence-electron chi connectivity index (χ3n) is 3.48. The minimum absolute atomic E-state index is 0.0365. The fourth-order valence-electron chi connectivity index (χ4n) is 2.51. The zero-order valence-corrected chi connectivity index (χ0v) is 11.2. The second-order valence-electron chi connectivity index (χ2n) is 4.88. The first-order chi connectivity index (χ1) is 9.22. The topological polar surface area (TPSA) is 62.7 Å². The van der Waals surface area contributed by atoms with Crippen LogP contribution in [0, 0.1) is 5.92 Å². The molecular weight excluding hydrogens is 244 g/mol. The molecule has 104 valence electrons. The molecule has 0 aromatic carbocycles. The van der Waals surface area contributed by atoms with Gasteiger partial charge >= 0.3 is 5.97 Å². The van der Waals surface area contributed by atoms with Crippen LogP contribution in [0.15, 0.2) is 24.5 Å². The van der Waals surface area contributed by atoms with Gasteiger partial charge in [0.15, 0.2) is 0 Å². The number of nitrogens with zero attached hydrogens (tertiary/aromatic N) is 2. The smallest absolute Gasteiger partial charge is 0.310 e. The summed E-state index contributed by atoms with van der Waals surface area (Å²) in [5.74, 6) is -1.19. The van der Waals surface area contributed by atoms with Gasteiger partial charge in [-0.05, 0) is 30.7 Å². The summed E-state index contributed by atoms with van der Waals surface area (Å²) in [5, 5.41) is 9.25. The minimum atomic E-state index is -0.765. The molecule has 2 atom stereocenters. The zero-order chi connectivity index (χ0) is 13.7. The number of carboxylic acid groups (broad SMARTS) is 1. The summed E-state index contributed by atoms with van der Waals surface area (Å²) >= 11 is 0. The second-order valence-corrected chi connectivity index (χ2v) is 4.88. The molecule has 1 aromatic rings. The van der Waals surface area contributed by atoms with Gasteiger partial charge < -0.3 is 9.84 Å². The number of hydrogen-bond donors (Lipinski definition) is 1. The Balaban J connectivity index is 2.09. The minimum Gasteiger partial charge on any atom is -0.481 e. The van der Waals surface area contributed by atoms with Crippen LogP contribution in [0.3, 0.4) is 0 Å². The monoisotopic (exact) mass is 264 g/mol. The summed E-state index contributed by atoms with van der Waals surface area (Å²) in [4.78, 5) is 17.5. The van der Waals surface area contributed by atoms with E-state index in [1.807, 2.05) is 12.1 Å². The van der Waals surface area contributed by atoms with Crippen molar-refractivity contribution in [2.24, 2.45) is 5.92 Å². The molecule has 0 radical (unpaired) electrons. The molecule has 1 aromatic heterocycles. The molecular formula is C14H20N2O3. The number of ether oxygens (including phenoxy) is 1. The second kappa shape index (κ2) is 6.63. The Morgan fingerprint density at radius 2 is 2.21 bits per heavy atom. The average molecular weight is 264 g/mol. The highest BCUT2D eigenvalue weighted by Gasteiger charge is 2.37. The predicted octanol–water partition coefficient (Wildman–Crippen LogP) is 1.39. The van der Waals surface area contributed by atoms with Crippen LogP contribution in [0.1, 0.15) is 18.9 Å². The highest BCUT2D eigenvalue weighted by molar-refractivity contribution is 5.71. The lowest BCUT2D eigenvalue weighted by atomic mass is 10.0. The van der Waals surface area contributed by atoms with Crippen LogP contribution >= 0.6 is 0 Å². The van der Waals surface area contributed by atoms with Crippen LogP contribution in [-0.4, -0.2) is 46.8 Å². The maximum Gasteiger partial charge on any atom is 0.310 e. The fourth-order valence-corrected chi connectivity index (χ4v) is 2.51. The van der Waals surface area contributed by atoms with E-state index in [4.69, 9.17) is 4.74 Å². The summed E-state index contributed by atoms with van der Waals surface area (Å²) in [6.07, 6.45) is 4.52. The molecule has 1 aliphatic heterocycles. The Morgan fingerprint density at radius 3 is 2.84 bits per heavy atom. The van der Waals surface area contributed by atoms with Gasteiger partial charge in [-0.2, -0.15) is 0 Å². The van der Waals surface area contributed by atoms with Gasteiger partial charge in [0.05, 0.1) is 19.1 Å². The van der Waals surface area contributed by atoms with Crippen LogP contribution in [0.25, 0.3) is 0 Å². The van der Waals surface area contributed by atoms with Gasteiger partial charge in [0.25, 0.3) is 0 Å². The van der Waals surface area contributed by atoms with Crippen LogP contribution in [-0.2, 0) is 16.1 Å². The summed E-state index contributed by atoms with van der Waals surface area (Å²) < 4.78 is 5.36. The van der Waals surface area contributed by atoms with Gasteiger partial charge in [0.1, 0.15) is 0 Å². The number of carbonyl (C=O) groups is 1. The maximum atomic E-state index is 11.3. The zero-order valence-electron chi connectivity index (χ0n) is 11.2. The Kier molecular flexibility index (Phi) is 4.87. The lowest BCUT2D eigenvalue weighted by Crippen LogP contribution is -2.43. The Hall–Kier alpha value is -1.46. The van der Waals surface area contributed by atoms with Crippen LogP contribution in [0.5, 0.6) is 0 Å². The number of aliphatic carboxylic acids is 1. The molecule has 1 fully saturated rings. The van der Waals surface area contributed by atoms with Crippen molar-refractivity contribution >= 4 is 5.97 Å². The molecule has 2 heterocycles. The molecule has 19 heavy (non-hydrogen) atoms. The lowest BCUT2D eigenvalue weighted by Gasteiger charge is -2.30. The molecule has 0 saturated carbocycles. The van der Waals surface area contributed by atoms with E-state index in [2.05, 4.69) is 16.8 Å². The van der Waals surface area contributed by atoms with Gasteiger partial charge in [0, 0.05) is 25.0 Å². The molecule has 5 heteroatoms. The molecule has 1 N–H and O–H groups in total. The average Bonchev–Trinajstić information content (AvgIpc) is 2.89. The third kappa shape index (κ3) is 3.52. The highest BCUT2D eigenvalue weighted by atomic mass is 16.5. The Labute approximate surface area is 113 Å². The molecule has 2 rings (SSSR count). The first-order valence-corrected chi connectivity index (χ1v) is 6.66. The molecule has 0 bridgehead atoms. The summed E-state index contributed by atoms with van der Waals surface area (Å²) in [6.45, 7) is 4.54. The lowest BCUT2D eigenvalue weighted by molar-refractivity contribution is -0.143. The van der Waals surface area contributed by atoms with Gasteiger partial charge in [-0.25, -0.2) is 0 Å². The standard InChI is InChI=1S/C14H20N2O3/c1-2-7-16(8-11-3-5-15-6-4-11)13-10-19-9-12(13)14(17)18/h3-6,12-13H,2,7-10H2,1H3,(H,17,18). The molecule has 2 unspecified atom stereocenters. The molecule has 1 saturated heterocycles. The van der Waals surface area contributed by atoms with Crippen molar-refractivity contribution in [3.05, 3.63) is 30.1 Å². The number of pyridine rings is 1. The van der Waals surface area contributed by atoms with Crippen LogP contribution in [0.2, 0.25) is 0 Å². The van der Waals surface area contributed by atoms with E-state index < -0.39 is 11.9 Å². The number of aromatic nitrogens is 1. The number of rotatable bonds is 6. The molecule has 0 spiro atoms. The van der Waals surface area contributed by atoms with E-state index in [0.717, 1.165) is 25.1 Å². The largest absolute Gasteiger partial charge is 0.481 e. The Morgan fingerprint density at radius 1 is 1.47 bits per heavy atom. The van der Waals surface area contributed by atoms with Crippen molar-refractivity contribution in [3.8, 4) is 0 Å². The maximum absolute atomic E-state index is 11.3. The molecule has 5 nitrogen and oxygen atoms in total. The van der Waals surface area contributed by atoms with Crippen molar-refractivity contribution in [2.45, 2.75) is 25.9 Å². The number of hydrogen-bond acceptors (Lipinski definition) is 4. The number of carboxylic acids is 1. The summed E-state index contributed by atoms with van der Waals surface area (Å²) in [5.41, 5.74) is 1.15. The highest BCUT2D eigenvalue weighted by Crippen LogP contribution is 2.22. The quantitative estimate of drug-likeness (QED) is 0.841. The summed E-state index contributed by atoms with van der Waals surface area (Å²) in [6, 6.07) is 3.90. The van der Waals surface area contributed by atoms with Gasteiger partial charge in [-0.3, -0.25) is 14.7 Å². The Bertz CT molecular complexity index is 410. The normalized spacial score (nSPS) is 22.8. The van der Waals surface area contributed by atoms with Gasteiger partial charge in [-0.15, -0.1) is 0 Å². The van der Waals surface area contributed by atoms with Crippen LogP contribution < -0.4 is 0 Å². The van der Waals surface area contributed by atoms with Gasteiger partial charge in [0.2, 0.25) is 0 Å². The van der Waals surface area contributed by atoms with Crippen molar-refractivity contribution in [1.82, 2.24) is 9.88 Å². The van der Waals surface area contributed by atoms with Crippen LogP contribution in [0.4, 0.5) is 0 Å². The predicted molar refractivity (Wildman–Crippen MR) is 70.7 cm³/mol.